The summed E-state index contributed by atoms with van der Waals surface area (Å²) in [6.45, 7) is 10.1. The lowest BCUT2D eigenvalue weighted by atomic mass is 9.91. The number of hydrogen-bond acceptors (Lipinski definition) is 2. The first-order valence-electron chi connectivity index (χ1n) is 7.48. The van der Waals surface area contributed by atoms with Crippen LogP contribution < -0.4 is 5.32 Å². The third kappa shape index (κ3) is 2.67. The molecule has 0 aromatic heterocycles. The normalized spacial score (nSPS) is 26.0. The van der Waals surface area contributed by atoms with E-state index in [4.69, 9.17) is 0 Å². The van der Waals surface area contributed by atoms with Gasteiger partial charge in [-0.05, 0) is 50.8 Å². The Labute approximate surface area is 126 Å². The molecule has 0 spiro atoms. The summed E-state index contributed by atoms with van der Waals surface area (Å²) in [4.78, 5) is 26.7. The van der Waals surface area contributed by atoms with Crippen molar-refractivity contribution in [2.45, 2.75) is 59.2 Å². The number of carbonyl (C=O) groups is 2. The van der Waals surface area contributed by atoms with E-state index in [2.05, 4.69) is 5.32 Å². The van der Waals surface area contributed by atoms with E-state index >= 15 is 0 Å². The van der Waals surface area contributed by atoms with Crippen LogP contribution in [-0.2, 0) is 16.1 Å². The standard InChI is InChI=1S/C17H24N2O2/c1-6-17(5)16(21)19(13(4)15(20)18-17)10-14-11(2)8-7-9-12(14)3/h7-9,13H,6,10H2,1-5H3,(H,18,20). The topological polar surface area (TPSA) is 49.4 Å². The predicted molar refractivity (Wildman–Crippen MR) is 82.8 cm³/mol. The average Bonchev–Trinajstić information content (AvgIpc) is 2.44. The maximum Gasteiger partial charge on any atom is 0.248 e. The molecule has 1 fully saturated rings. The first kappa shape index (κ1) is 15.5. The Bertz CT molecular complexity index is 562. The number of amides is 2. The van der Waals surface area contributed by atoms with Crippen LogP contribution in [0.4, 0.5) is 0 Å². The molecule has 114 valence electrons. The van der Waals surface area contributed by atoms with E-state index in [9.17, 15) is 9.59 Å². The monoisotopic (exact) mass is 288 g/mol. The number of nitrogens with one attached hydrogen (secondary N) is 1. The molecule has 0 bridgehead atoms. The first-order valence-corrected chi connectivity index (χ1v) is 7.48. The molecule has 1 saturated heterocycles. The van der Waals surface area contributed by atoms with Gasteiger partial charge in [0.25, 0.3) is 0 Å². The van der Waals surface area contributed by atoms with Gasteiger partial charge in [0, 0.05) is 6.54 Å². The van der Waals surface area contributed by atoms with Crippen molar-refractivity contribution >= 4 is 11.8 Å². The van der Waals surface area contributed by atoms with E-state index in [0.717, 1.165) is 16.7 Å². The molecule has 2 rings (SSSR count). The minimum absolute atomic E-state index is 0.000229. The van der Waals surface area contributed by atoms with E-state index in [1.54, 1.807) is 18.7 Å². The van der Waals surface area contributed by atoms with Gasteiger partial charge in [-0.2, -0.15) is 0 Å². The van der Waals surface area contributed by atoms with Crippen LogP contribution in [0.15, 0.2) is 18.2 Å². The lowest BCUT2D eigenvalue weighted by Gasteiger charge is -2.43. The summed E-state index contributed by atoms with van der Waals surface area (Å²) < 4.78 is 0. The molecule has 0 radical (unpaired) electrons. The molecule has 21 heavy (non-hydrogen) atoms. The van der Waals surface area contributed by atoms with Gasteiger partial charge in [-0.25, -0.2) is 0 Å². The minimum Gasteiger partial charge on any atom is -0.340 e. The summed E-state index contributed by atoms with van der Waals surface area (Å²) >= 11 is 0. The third-order valence-corrected chi connectivity index (χ3v) is 4.66. The van der Waals surface area contributed by atoms with Crippen molar-refractivity contribution in [1.29, 1.82) is 0 Å². The highest BCUT2D eigenvalue weighted by atomic mass is 16.2. The van der Waals surface area contributed by atoms with Crippen molar-refractivity contribution in [2.75, 3.05) is 0 Å². The predicted octanol–water partition coefficient (Wildman–Crippen LogP) is 2.32. The third-order valence-electron chi connectivity index (χ3n) is 4.66. The number of piperazine rings is 1. The molecule has 0 saturated carbocycles. The molecule has 4 heteroatoms. The highest BCUT2D eigenvalue weighted by Crippen LogP contribution is 2.25. The van der Waals surface area contributed by atoms with Crippen molar-refractivity contribution in [3.63, 3.8) is 0 Å². The quantitative estimate of drug-likeness (QED) is 0.928. The smallest absolute Gasteiger partial charge is 0.248 e. The maximum absolute atomic E-state index is 12.8. The molecule has 1 N–H and O–H groups in total. The zero-order valence-corrected chi connectivity index (χ0v) is 13.5. The highest BCUT2D eigenvalue weighted by molar-refractivity contribution is 5.99. The van der Waals surface area contributed by atoms with Crippen LogP contribution in [0.1, 0.15) is 43.9 Å². The second-order valence-electron chi connectivity index (χ2n) is 6.15. The summed E-state index contributed by atoms with van der Waals surface area (Å²) in [5.41, 5.74) is 2.64. The number of rotatable bonds is 3. The molecule has 1 heterocycles. The van der Waals surface area contributed by atoms with E-state index < -0.39 is 11.6 Å². The maximum atomic E-state index is 12.8. The number of carbonyl (C=O) groups excluding carboxylic acids is 2. The van der Waals surface area contributed by atoms with Crippen LogP contribution in [0.3, 0.4) is 0 Å². The van der Waals surface area contributed by atoms with Crippen LogP contribution >= 0.6 is 0 Å². The van der Waals surface area contributed by atoms with Gasteiger partial charge in [0.2, 0.25) is 11.8 Å². The second kappa shape index (κ2) is 5.51. The fourth-order valence-electron chi connectivity index (χ4n) is 2.78. The summed E-state index contributed by atoms with van der Waals surface area (Å²) in [6, 6.07) is 5.66. The van der Waals surface area contributed by atoms with Crippen LogP contribution in [0.2, 0.25) is 0 Å². The van der Waals surface area contributed by atoms with E-state index in [-0.39, 0.29) is 11.8 Å². The average molecular weight is 288 g/mol. The Morgan fingerprint density at radius 2 is 1.81 bits per heavy atom. The number of nitrogens with zero attached hydrogens (tertiary/aromatic N) is 1. The molecule has 0 aliphatic carbocycles. The summed E-state index contributed by atoms with van der Waals surface area (Å²) in [7, 11) is 0. The van der Waals surface area contributed by atoms with Crippen LogP contribution in [0.5, 0.6) is 0 Å². The fraction of sp³-hybridized carbons (Fsp3) is 0.529. The van der Waals surface area contributed by atoms with E-state index in [1.165, 1.54) is 0 Å². The zero-order chi connectivity index (χ0) is 15.8. The van der Waals surface area contributed by atoms with Crippen molar-refractivity contribution in [1.82, 2.24) is 10.2 Å². The van der Waals surface area contributed by atoms with Crippen molar-refractivity contribution < 1.29 is 9.59 Å². The Kier molecular flexibility index (Phi) is 4.08. The van der Waals surface area contributed by atoms with Gasteiger partial charge in [0.15, 0.2) is 0 Å². The van der Waals surface area contributed by atoms with Crippen molar-refractivity contribution in [3.8, 4) is 0 Å². The van der Waals surface area contributed by atoms with Gasteiger partial charge in [-0.15, -0.1) is 0 Å². The molecule has 2 atom stereocenters. The molecule has 1 aliphatic heterocycles. The van der Waals surface area contributed by atoms with Gasteiger partial charge in [0.05, 0.1) is 0 Å². The Hall–Kier alpha value is -1.84. The summed E-state index contributed by atoms with van der Waals surface area (Å²) in [5.74, 6) is -0.0788. The molecule has 1 aromatic rings. The van der Waals surface area contributed by atoms with Crippen LogP contribution in [0, 0.1) is 13.8 Å². The molecule has 4 nitrogen and oxygen atoms in total. The van der Waals surface area contributed by atoms with E-state index in [0.29, 0.717) is 13.0 Å². The summed E-state index contributed by atoms with van der Waals surface area (Å²) in [5, 5.41) is 2.86. The van der Waals surface area contributed by atoms with Gasteiger partial charge in [-0.3, -0.25) is 9.59 Å². The lowest BCUT2D eigenvalue weighted by Crippen LogP contribution is -2.68. The Morgan fingerprint density at radius 1 is 1.24 bits per heavy atom. The van der Waals surface area contributed by atoms with Crippen molar-refractivity contribution in [3.05, 3.63) is 34.9 Å². The lowest BCUT2D eigenvalue weighted by molar-refractivity contribution is -0.154. The molecule has 1 aromatic carbocycles. The Morgan fingerprint density at radius 3 is 2.33 bits per heavy atom. The van der Waals surface area contributed by atoms with Crippen LogP contribution in [0.25, 0.3) is 0 Å². The highest BCUT2D eigenvalue weighted by Gasteiger charge is 2.45. The largest absolute Gasteiger partial charge is 0.340 e. The molecule has 2 amide bonds. The second-order valence-corrected chi connectivity index (χ2v) is 6.15. The first-order chi connectivity index (χ1) is 9.80. The van der Waals surface area contributed by atoms with Gasteiger partial charge in [-0.1, -0.05) is 25.1 Å². The van der Waals surface area contributed by atoms with E-state index in [1.807, 2.05) is 39.0 Å². The SMILES string of the molecule is CCC1(C)NC(=O)C(C)N(Cc2c(C)cccc2C)C1=O. The van der Waals surface area contributed by atoms with Gasteiger partial charge in [0.1, 0.15) is 11.6 Å². The van der Waals surface area contributed by atoms with Gasteiger partial charge < -0.3 is 10.2 Å². The number of benzene rings is 1. The fourth-order valence-corrected chi connectivity index (χ4v) is 2.78. The van der Waals surface area contributed by atoms with Gasteiger partial charge >= 0.3 is 0 Å². The number of aryl methyl sites for hydroxylation is 2. The molecular weight excluding hydrogens is 264 g/mol. The zero-order valence-electron chi connectivity index (χ0n) is 13.5. The molecular formula is C17H24N2O2. The van der Waals surface area contributed by atoms with Crippen LogP contribution in [-0.4, -0.2) is 28.3 Å². The molecule has 2 unspecified atom stereocenters. The Balaban J connectivity index is 2.37. The molecule has 1 aliphatic rings. The van der Waals surface area contributed by atoms with Crippen molar-refractivity contribution in [2.24, 2.45) is 0 Å². The number of hydrogen-bond donors (Lipinski definition) is 1. The minimum atomic E-state index is -0.791. The summed E-state index contributed by atoms with van der Waals surface area (Å²) in [6.07, 6.45) is 0.591.